The zero-order chi connectivity index (χ0) is 14.2. The molecule has 0 spiro atoms. The molecule has 4 heteroatoms. The van der Waals surface area contributed by atoms with Crippen LogP contribution in [0.3, 0.4) is 0 Å². The highest BCUT2D eigenvalue weighted by Gasteiger charge is 2.52. The molecule has 1 fully saturated rings. The summed E-state index contributed by atoms with van der Waals surface area (Å²) >= 11 is 0. The van der Waals surface area contributed by atoms with Crippen molar-refractivity contribution >= 4 is 5.91 Å². The summed E-state index contributed by atoms with van der Waals surface area (Å²) in [5.74, 6) is 1.78. The van der Waals surface area contributed by atoms with E-state index in [0.717, 1.165) is 49.3 Å². The van der Waals surface area contributed by atoms with Crippen LogP contribution in [0.4, 0.5) is 0 Å². The van der Waals surface area contributed by atoms with Crippen LogP contribution in [-0.2, 0) is 10.2 Å². The number of fused-ring (bicyclic) bond motifs is 1. The molecule has 0 radical (unpaired) electrons. The van der Waals surface area contributed by atoms with Gasteiger partial charge in [-0.2, -0.15) is 0 Å². The molecule has 4 nitrogen and oxygen atoms in total. The first-order chi connectivity index (χ1) is 9.67. The molecule has 1 aromatic rings. The number of nitrogens with zero attached hydrogens (tertiary/aromatic N) is 1. The van der Waals surface area contributed by atoms with Gasteiger partial charge in [-0.05, 0) is 37.0 Å². The third-order valence-electron chi connectivity index (χ3n) is 4.28. The van der Waals surface area contributed by atoms with E-state index >= 15 is 0 Å². The zero-order valence-corrected chi connectivity index (χ0v) is 12.1. The molecule has 1 aliphatic carbocycles. The molecular formula is C16H21NO3. The quantitative estimate of drug-likeness (QED) is 0.829. The Kier molecular flexibility index (Phi) is 3.32. The number of likely N-dealkylation sites (N-methyl/N-ethyl adjacent to an activating group) is 1. The van der Waals surface area contributed by atoms with Crippen LogP contribution in [0, 0.1) is 0 Å². The lowest BCUT2D eigenvalue weighted by Crippen LogP contribution is -2.37. The minimum atomic E-state index is -0.316. The van der Waals surface area contributed by atoms with Crippen molar-refractivity contribution in [1.82, 2.24) is 4.90 Å². The molecule has 0 unspecified atom stereocenters. The van der Waals surface area contributed by atoms with Gasteiger partial charge >= 0.3 is 0 Å². The predicted molar refractivity (Wildman–Crippen MR) is 76.0 cm³/mol. The molecule has 0 N–H and O–H groups in total. The molecule has 3 rings (SSSR count). The Morgan fingerprint density at radius 1 is 1.30 bits per heavy atom. The van der Waals surface area contributed by atoms with E-state index in [1.54, 1.807) is 0 Å². The van der Waals surface area contributed by atoms with Gasteiger partial charge in [0.2, 0.25) is 12.7 Å². The molecule has 108 valence electrons. The lowest BCUT2D eigenvalue weighted by molar-refractivity contribution is -0.132. The Balaban J connectivity index is 1.80. The molecule has 20 heavy (non-hydrogen) atoms. The maximum atomic E-state index is 12.7. The first-order valence-electron chi connectivity index (χ1n) is 7.33. The summed E-state index contributed by atoms with van der Waals surface area (Å²) in [6.07, 6.45) is 4.03. The van der Waals surface area contributed by atoms with Gasteiger partial charge in [-0.15, -0.1) is 0 Å². The second-order valence-electron chi connectivity index (χ2n) is 5.73. The number of rotatable bonds is 5. The maximum absolute atomic E-state index is 12.7. The van der Waals surface area contributed by atoms with Gasteiger partial charge in [0.1, 0.15) is 0 Å². The Labute approximate surface area is 119 Å². The lowest BCUT2D eigenvalue weighted by Gasteiger charge is -2.24. The summed E-state index contributed by atoms with van der Waals surface area (Å²) < 4.78 is 10.8. The predicted octanol–water partition coefficient (Wildman–Crippen LogP) is 2.71. The van der Waals surface area contributed by atoms with E-state index in [4.69, 9.17) is 9.47 Å². The Bertz CT molecular complexity index is 522. The molecule has 0 saturated heterocycles. The zero-order valence-electron chi connectivity index (χ0n) is 12.1. The first-order valence-corrected chi connectivity index (χ1v) is 7.33. The van der Waals surface area contributed by atoms with E-state index < -0.39 is 0 Å². The Hall–Kier alpha value is -1.71. The third kappa shape index (κ3) is 2.13. The number of carbonyl (C=O) groups excluding carboxylic acids is 1. The molecule has 0 bridgehead atoms. The SMILES string of the molecule is CCCCN(C)C(=O)C1(c2ccc3c(c2)OCO3)CC1. The van der Waals surface area contributed by atoms with Gasteiger partial charge in [-0.25, -0.2) is 0 Å². The average Bonchev–Trinajstić information content (AvgIpc) is 3.15. The van der Waals surface area contributed by atoms with E-state index in [1.807, 2.05) is 30.1 Å². The van der Waals surface area contributed by atoms with Crippen molar-refractivity contribution in [3.05, 3.63) is 23.8 Å². The van der Waals surface area contributed by atoms with E-state index in [1.165, 1.54) is 0 Å². The smallest absolute Gasteiger partial charge is 0.232 e. The Morgan fingerprint density at radius 3 is 2.75 bits per heavy atom. The number of hydrogen-bond acceptors (Lipinski definition) is 3. The molecule has 1 heterocycles. The van der Waals surface area contributed by atoms with Crippen molar-refractivity contribution in [2.24, 2.45) is 0 Å². The number of hydrogen-bond donors (Lipinski definition) is 0. The van der Waals surface area contributed by atoms with E-state index in [9.17, 15) is 4.79 Å². The molecule has 2 aliphatic rings. The number of amides is 1. The van der Waals surface area contributed by atoms with Crippen molar-refractivity contribution in [3.63, 3.8) is 0 Å². The second kappa shape index (κ2) is 5.00. The van der Waals surface area contributed by atoms with Gasteiger partial charge in [-0.1, -0.05) is 19.4 Å². The topological polar surface area (TPSA) is 38.8 Å². The summed E-state index contributed by atoms with van der Waals surface area (Å²) in [5, 5.41) is 0. The summed E-state index contributed by atoms with van der Waals surface area (Å²) in [4.78, 5) is 14.6. The highest BCUT2D eigenvalue weighted by Crippen LogP contribution is 2.51. The number of ether oxygens (including phenoxy) is 2. The van der Waals surface area contributed by atoms with E-state index in [0.29, 0.717) is 0 Å². The van der Waals surface area contributed by atoms with Gasteiger partial charge in [0.05, 0.1) is 5.41 Å². The fourth-order valence-corrected chi connectivity index (χ4v) is 2.81. The van der Waals surface area contributed by atoms with E-state index in [2.05, 4.69) is 6.92 Å². The molecule has 0 aromatic heterocycles. The van der Waals surface area contributed by atoms with Crippen molar-refractivity contribution in [3.8, 4) is 11.5 Å². The molecule has 1 amide bonds. The van der Waals surface area contributed by atoms with E-state index in [-0.39, 0.29) is 18.1 Å². The monoisotopic (exact) mass is 275 g/mol. The van der Waals surface area contributed by atoms with Gasteiger partial charge in [0.15, 0.2) is 11.5 Å². The van der Waals surface area contributed by atoms with Crippen molar-refractivity contribution < 1.29 is 14.3 Å². The summed E-state index contributed by atoms with van der Waals surface area (Å²) in [7, 11) is 1.91. The minimum Gasteiger partial charge on any atom is -0.454 e. The van der Waals surface area contributed by atoms with Crippen LogP contribution in [0.25, 0.3) is 0 Å². The molecule has 1 aromatic carbocycles. The van der Waals surface area contributed by atoms with Crippen molar-refractivity contribution in [2.45, 2.75) is 38.0 Å². The fourth-order valence-electron chi connectivity index (χ4n) is 2.81. The summed E-state index contributed by atoms with van der Waals surface area (Å²) in [5.41, 5.74) is 0.749. The van der Waals surface area contributed by atoms with Crippen LogP contribution in [0.15, 0.2) is 18.2 Å². The highest BCUT2D eigenvalue weighted by atomic mass is 16.7. The van der Waals surface area contributed by atoms with Crippen LogP contribution in [0.2, 0.25) is 0 Å². The van der Waals surface area contributed by atoms with Crippen molar-refractivity contribution in [1.29, 1.82) is 0 Å². The Morgan fingerprint density at radius 2 is 2.05 bits per heavy atom. The van der Waals surface area contributed by atoms with Gasteiger partial charge < -0.3 is 14.4 Å². The second-order valence-corrected chi connectivity index (χ2v) is 5.73. The largest absolute Gasteiger partial charge is 0.454 e. The number of carbonyl (C=O) groups is 1. The van der Waals surface area contributed by atoms with Crippen LogP contribution < -0.4 is 9.47 Å². The highest BCUT2D eigenvalue weighted by molar-refractivity contribution is 5.91. The lowest BCUT2D eigenvalue weighted by atomic mass is 9.94. The minimum absolute atomic E-state index is 0.241. The van der Waals surface area contributed by atoms with Crippen LogP contribution >= 0.6 is 0 Å². The standard InChI is InChI=1S/C16H21NO3/c1-3-4-9-17(2)15(18)16(7-8-16)12-5-6-13-14(10-12)20-11-19-13/h5-6,10H,3-4,7-9,11H2,1-2H3. The van der Waals surface area contributed by atoms with Crippen LogP contribution in [0.5, 0.6) is 11.5 Å². The normalized spacial score (nSPS) is 17.9. The maximum Gasteiger partial charge on any atom is 0.232 e. The average molecular weight is 275 g/mol. The molecule has 0 atom stereocenters. The number of benzene rings is 1. The molecule has 1 aliphatic heterocycles. The summed E-state index contributed by atoms with van der Waals surface area (Å²) in [6.45, 7) is 3.25. The summed E-state index contributed by atoms with van der Waals surface area (Å²) in [6, 6.07) is 5.89. The van der Waals surface area contributed by atoms with Crippen LogP contribution in [-0.4, -0.2) is 31.2 Å². The van der Waals surface area contributed by atoms with Gasteiger partial charge in [-0.3, -0.25) is 4.79 Å². The van der Waals surface area contributed by atoms with Crippen molar-refractivity contribution in [2.75, 3.05) is 20.4 Å². The first kappa shape index (κ1) is 13.3. The van der Waals surface area contributed by atoms with Crippen LogP contribution in [0.1, 0.15) is 38.2 Å². The molecule has 1 saturated carbocycles. The van der Waals surface area contributed by atoms with Gasteiger partial charge in [0, 0.05) is 13.6 Å². The van der Waals surface area contributed by atoms with Gasteiger partial charge in [0.25, 0.3) is 0 Å². The fraction of sp³-hybridized carbons (Fsp3) is 0.562. The number of unbranched alkanes of at least 4 members (excludes halogenated alkanes) is 1. The molecular weight excluding hydrogens is 254 g/mol. The third-order valence-corrected chi connectivity index (χ3v) is 4.28.